The van der Waals surface area contributed by atoms with Crippen molar-refractivity contribution in [2.45, 2.75) is 24.2 Å². The molecule has 36 heavy (non-hydrogen) atoms. The van der Waals surface area contributed by atoms with Crippen LogP contribution in [-0.4, -0.2) is 88.5 Å². The normalized spacial score (nSPS) is 21.8. The first-order chi connectivity index (χ1) is 17.2. The molecule has 2 saturated heterocycles. The van der Waals surface area contributed by atoms with Crippen molar-refractivity contribution in [3.63, 3.8) is 0 Å². The van der Waals surface area contributed by atoms with Crippen molar-refractivity contribution >= 4 is 15.9 Å². The van der Waals surface area contributed by atoms with Crippen molar-refractivity contribution in [3.8, 4) is 11.5 Å². The monoisotopic (exact) mass is 519 g/mol. The van der Waals surface area contributed by atoms with Crippen LogP contribution in [-0.2, 0) is 14.8 Å². The van der Waals surface area contributed by atoms with E-state index in [1.54, 1.807) is 24.3 Å². The summed E-state index contributed by atoms with van der Waals surface area (Å²) >= 11 is 0. The molecule has 1 amide bonds. The van der Waals surface area contributed by atoms with Gasteiger partial charge in [-0.1, -0.05) is 0 Å². The van der Waals surface area contributed by atoms with E-state index < -0.39 is 15.4 Å². The van der Waals surface area contributed by atoms with E-state index in [2.05, 4.69) is 4.90 Å². The maximum atomic E-state index is 13.5. The Morgan fingerprint density at radius 3 is 2.25 bits per heavy atom. The topological polar surface area (TPSA) is 79.4 Å². The molecule has 8 nitrogen and oxygen atoms in total. The van der Waals surface area contributed by atoms with Gasteiger partial charge in [0.05, 0.1) is 18.6 Å². The molecule has 0 bridgehead atoms. The zero-order valence-electron chi connectivity index (χ0n) is 20.9. The second kappa shape index (κ2) is 11.1. The molecule has 2 heterocycles. The molecule has 2 aliphatic heterocycles. The van der Waals surface area contributed by atoms with E-state index in [4.69, 9.17) is 9.47 Å². The fourth-order valence-corrected chi connectivity index (χ4v) is 6.42. The Morgan fingerprint density at radius 2 is 1.61 bits per heavy atom. The number of carbonyl (C=O) groups excluding carboxylic acids is 1. The minimum Gasteiger partial charge on any atom is -0.497 e. The molecular formula is C26H34FN3O5S. The number of rotatable bonds is 8. The Morgan fingerprint density at radius 1 is 0.972 bits per heavy atom. The summed E-state index contributed by atoms with van der Waals surface area (Å²) in [6.45, 7) is 3.62. The van der Waals surface area contributed by atoms with Crippen LogP contribution in [0.1, 0.15) is 19.3 Å². The first kappa shape index (κ1) is 26.4. The van der Waals surface area contributed by atoms with Gasteiger partial charge in [-0.15, -0.1) is 0 Å². The van der Waals surface area contributed by atoms with Crippen molar-refractivity contribution in [3.05, 3.63) is 54.3 Å². The third-order valence-electron chi connectivity index (χ3n) is 7.06. The summed E-state index contributed by atoms with van der Waals surface area (Å²) in [6, 6.07) is 12.0. The molecule has 0 aliphatic carbocycles. The molecular weight excluding hydrogens is 485 g/mol. The van der Waals surface area contributed by atoms with Gasteiger partial charge in [0.25, 0.3) is 0 Å². The van der Waals surface area contributed by atoms with E-state index in [0.29, 0.717) is 44.0 Å². The lowest BCUT2D eigenvalue weighted by molar-refractivity contribution is -0.136. The number of piperazine rings is 1. The summed E-state index contributed by atoms with van der Waals surface area (Å²) in [4.78, 5) is 17.6. The number of carbonyl (C=O) groups is 1. The third-order valence-corrected chi connectivity index (χ3v) is 8.92. The fourth-order valence-electron chi connectivity index (χ4n) is 4.83. The number of likely N-dealkylation sites (N-methyl/N-ethyl adjacent to an activating group) is 1. The van der Waals surface area contributed by atoms with Crippen LogP contribution in [0.2, 0.25) is 0 Å². The fraction of sp³-hybridized carbons (Fsp3) is 0.500. The summed E-state index contributed by atoms with van der Waals surface area (Å²) in [6.07, 6.45) is 1.45. The molecule has 0 saturated carbocycles. The Bertz CT molecular complexity index is 1140. The molecule has 0 aromatic heterocycles. The van der Waals surface area contributed by atoms with Gasteiger partial charge in [0.1, 0.15) is 17.3 Å². The summed E-state index contributed by atoms with van der Waals surface area (Å²) < 4.78 is 53.0. The second-order valence-electron chi connectivity index (χ2n) is 9.72. The molecule has 2 aromatic carbocycles. The summed E-state index contributed by atoms with van der Waals surface area (Å²) in [7, 11) is -0.214. The van der Waals surface area contributed by atoms with Gasteiger partial charge < -0.3 is 19.3 Å². The number of sulfonamides is 1. The molecule has 2 fully saturated rings. The molecule has 0 N–H and O–H groups in total. The Kier molecular flexibility index (Phi) is 8.17. The number of hydrogen-bond acceptors (Lipinski definition) is 6. The van der Waals surface area contributed by atoms with Crippen LogP contribution in [0.3, 0.4) is 0 Å². The van der Waals surface area contributed by atoms with Crippen LogP contribution in [0, 0.1) is 11.2 Å². The van der Waals surface area contributed by atoms with Gasteiger partial charge in [-0.05, 0) is 68.4 Å². The molecule has 196 valence electrons. The Hall–Kier alpha value is -2.69. The predicted octanol–water partition coefficient (Wildman–Crippen LogP) is 2.85. The highest BCUT2D eigenvalue weighted by molar-refractivity contribution is 7.89. The molecule has 0 unspecified atom stereocenters. The molecule has 10 heteroatoms. The molecule has 1 atom stereocenters. The first-order valence-corrected chi connectivity index (χ1v) is 13.6. The first-order valence-electron chi connectivity index (χ1n) is 12.2. The smallest absolute Gasteiger partial charge is 0.243 e. The van der Waals surface area contributed by atoms with Crippen LogP contribution < -0.4 is 9.47 Å². The lowest BCUT2D eigenvalue weighted by Crippen LogP contribution is -2.53. The van der Waals surface area contributed by atoms with Crippen LogP contribution in [0.25, 0.3) is 0 Å². The number of nitrogens with zero attached hydrogens (tertiary/aromatic N) is 3. The molecule has 4 rings (SSSR count). The van der Waals surface area contributed by atoms with E-state index in [0.717, 1.165) is 13.1 Å². The van der Waals surface area contributed by atoms with Gasteiger partial charge >= 0.3 is 0 Å². The van der Waals surface area contributed by atoms with Gasteiger partial charge in [0.2, 0.25) is 15.9 Å². The SMILES string of the molecule is COc1ccc(S(=O)(=O)N2CCC[C@](COc3ccc(F)cc3)(CC(=O)N3CCN(C)CC3)C2)cc1. The maximum Gasteiger partial charge on any atom is 0.243 e. The highest BCUT2D eigenvalue weighted by Gasteiger charge is 2.43. The minimum absolute atomic E-state index is 0.00880. The Balaban J connectivity index is 1.56. The van der Waals surface area contributed by atoms with Crippen LogP contribution in [0.4, 0.5) is 4.39 Å². The minimum atomic E-state index is -3.77. The number of methoxy groups -OCH3 is 1. The van der Waals surface area contributed by atoms with Crippen molar-refractivity contribution in [1.82, 2.24) is 14.1 Å². The Labute approximate surface area is 212 Å². The molecule has 0 spiro atoms. The summed E-state index contributed by atoms with van der Waals surface area (Å²) in [5.41, 5.74) is -0.702. The zero-order chi connectivity index (χ0) is 25.8. The van der Waals surface area contributed by atoms with E-state index >= 15 is 0 Å². The standard InChI is InChI=1S/C26H34FN3O5S/c1-28-14-16-29(17-15-28)25(31)18-26(20-35-23-6-4-21(27)5-7-23)12-3-13-30(19-26)36(32,33)24-10-8-22(34-2)9-11-24/h4-11H,3,12-20H2,1-2H3/t26-/m0/s1. The average molecular weight is 520 g/mol. The average Bonchev–Trinajstić information content (AvgIpc) is 2.89. The molecule has 0 radical (unpaired) electrons. The van der Waals surface area contributed by atoms with Gasteiger partial charge in [-0.25, -0.2) is 12.8 Å². The molecule has 2 aromatic rings. The van der Waals surface area contributed by atoms with E-state index in [-0.39, 0.29) is 36.2 Å². The largest absolute Gasteiger partial charge is 0.497 e. The number of benzene rings is 2. The maximum absolute atomic E-state index is 13.5. The van der Waals surface area contributed by atoms with Gasteiger partial charge in [-0.3, -0.25) is 4.79 Å². The number of piperidine rings is 1. The summed E-state index contributed by atoms with van der Waals surface area (Å²) in [5, 5.41) is 0. The van der Waals surface area contributed by atoms with Crippen molar-refractivity contribution < 1.29 is 27.1 Å². The second-order valence-corrected chi connectivity index (χ2v) is 11.7. The summed E-state index contributed by atoms with van der Waals surface area (Å²) in [5.74, 6) is 0.705. The number of hydrogen-bond donors (Lipinski definition) is 0. The predicted molar refractivity (Wildman–Crippen MR) is 134 cm³/mol. The van der Waals surface area contributed by atoms with Crippen molar-refractivity contribution in [2.75, 3.05) is 60.0 Å². The van der Waals surface area contributed by atoms with E-state index in [1.807, 2.05) is 11.9 Å². The van der Waals surface area contributed by atoms with Crippen LogP contribution >= 0.6 is 0 Å². The van der Waals surface area contributed by atoms with Gasteiger partial charge in [0.15, 0.2) is 0 Å². The number of ether oxygens (including phenoxy) is 2. The number of halogens is 1. The lowest BCUT2D eigenvalue weighted by Gasteiger charge is -2.43. The highest BCUT2D eigenvalue weighted by atomic mass is 32.2. The van der Waals surface area contributed by atoms with Crippen molar-refractivity contribution in [2.24, 2.45) is 5.41 Å². The van der Waals surface area contributed by atoms with Crippen molar-refractivity contribution in [1.29, 1.82) is 0 Å². The highest BCUT2D eigenvalue weighted by Crippen LogP contribution is 2.37. The van der Waals surface area contributed by atoms with E-state index in [1.165, 1.54) is 35.7 Å². The third kappa shape index (κ3) is 6.16. The number of amides is 1. The quantitative estimate of drug-likeness (QED) is 0.534. The van der Waals surface area contributed by atoms with E-state index in [9.17, 15) is 17.6 Å². The van der Waals surface area contributed by atoms with Crippen LogP contribution in [0.15, 0.2) is 53.4 Å². The molecule has 2 aliphatic rings. The zero-order valence-corrected chi connectivity index (χ0v) is 21.7. The van der Waals surface area contributed by atoms with Gasteiger partial charge in [-0.2, -0.15) is 4.31 Å². The van der Waals surface area contributed by atoms with Gasteiger partial charge in [0, 0.05) is 51.1 Å². The van der Waals surface area contributed by atoms with Crippen LogP contribution in [0.5, 0.6) is 11.5 Å². The lowest BCUT2D eigenvalue weighted by atomic mass is 9.78.